The maximum Gasteiger partial charge on any atom is 0.213 e. The Balaban J connectivity index is 1.64. The van der Waals surface area contributed by atoms with Gasteiger partial charge >= 0.3 is 0 Å². The number of aryl methyl sites for hydroxylation is 1. The molecule has 7 nitrogen and oxygen atoms in total. The van der Waals surface area contributed by atoms with Crippen molar-refractivity contribution in [2.24, 2.45) is 4.99 Å². The van der Waals surface area contributed by atoms with Gasteiger partial charge in [-0.25, -0.2) is 9.98 Å². The topological polar surface area (TPSA) is 77.0 Å². The van der Waals surface area contributed by atoms with E-state index in [1.54, 1.807) is 7.11 Å². The van der Waals surface area contributed by atoms with Crippen LogP contribution in [0.2, 0.25) is 0 Å². The van der Waals surface area contributed by atoms with E-state index in [1.165, 1.54) is 5.56 Å². The molecule has 1 aromatic carbocycles. The zero-order chi connectivity index (χ0) is 21.2. The van der Waals surface area contributed by atoms with Crippen molar-refractivity contribution in [1.29, 1.82) is 0 Å². The van der Waals surface area contributed by atoms with E-state index in [1.807, 2.05) is 25.1 Å². The standard InChI is InChI=1S/C23H32N4O3/c1-4-24-23(26-15-19-7-5-9-22(27-19)28-3)25-14-18-11-10-17(2)13-21(18)30-16-20-8-6-12-29-20/h5,7,9-11,13,20H,4,6,8,12,14-16H2,1-3H3,(H2,24,25,26). The molecule has 1 aliphatic rings. The Morgan fingerprint density at radius 1 is 1.27 bits per heavy atom. The maximum absolute atomic E-state index is 6.09. The number of benzene rings is 1. The molecule has 0 amide bonds. The third kappa shape index (κ3) is 6.62. The highest BCUT2D eigenvalue weighted by molar-refractivity contribution is 5.79. The molecule has 0 spiro atoms. The summed E-state index contributed by atoms with van der Waals surface area (Å²) in [6, 6.07) is 12.0. The molecule has 1 unspecified atom stereocenters. The van der Waals surface area contributed by atoms with Gasteiger partial charge in [0.05, 0.1) is 32.0 Å². The smallest absolute Gasteiger partial charge is 0.213 e. The number of aliphatic imine (C=N–C) groups is 1. The summed E-state index contributed by atoms with van der Waals surface area (Å²) in [7, 11) is 1.62. The summed E-state index contributed by atoms with van der Waals surface area (Å²) in [5, 5.41) is 6.60. The minimum atomic E-state index is 0.191. The zero-order valence-corrected chi connectivity index (χ0v) is 18.1. The summed E-state index contributed by atoms with van der Waals surface area (Å²) in [5.41, 5.74) is 3.10. The second-order valence-electron chi connectivity index (χ2n) is 7.28. The van der Waals surface area contributed by atoms with Crippen LogP contribution in [0.25, 0.3) is 0 Å². The van der Waals surface area contributed by atoms with Crippen LogP contribution in [0.4, 0.5) is 0 Å². The Morgan fingerprint density at radius 2 is 2.17 bits per heavy atom. The Labute approximate surface area is 178 Å². The van der Waals surface area contributed by atoms with Gasteiger partial charge < -0.3 is 24.8 Å². The number of guanidine groups is 1. The van der Waals surface area contributed by atoms with E-state index in [-0.39, 0.29) is 6.10 Å². The summed E-state index contributed by atoms with van der Waals surface area (Å²) in [6.45, 7) is 7.37. The predicted octanol–water partition coefficient (Wildman–Crippen LogP) is 3.21. The number of methoxy groups -OCH3 is 1. The second kappa shape index (κ2) is 11.4. The summed E-state index contributed by atoms with van der Waals surface area (Å²) < 4.78 is 17.0. The van der Waals surface area contributed by atoms with Crippen molar-refractivity contribution in [3.05, 3.63) is 53.2 Å². The predicted molar refractivity (Wildman–Crippen MR) is 118 cm³/mol. The highest BCUT2D eigenvalue weighted by atomic mass is 16.5. The Bertz CT molecular complexity index is 835. The molecule has 2 N–H and O–H groups in total. The van der Waals surface area contributed by atoms with Gasteiger partial charge in [0.2, 0.25) is 5.88 Å². The number of aromatic nitrogens is 1. The van der Waals surface area contributed by atoms with Crippen molar-refractivity contribution in [2.45, 2.75) is 45.9 Å². The minimum absolute atomic E-state index is 0.191. The molecule has 0 saturated carbocycles. The van der Waals surface area contributed by atoms with Crippen molar-refractivity contribution in [1.82, 2.24) is 15.6 Å². The van der Waals surface area contributed by atoms with Gasteiger partial charge in [0, 0.05) is 24.8 Å². The molecule has 3 rings (SSSR count). The van der Waals surface area contributed by atoms with Crippen molar-refractivity contribution in [3.8, 4) is 11.6 Å². The zero-order valence-electron chi connectivity index (χ0n) is 18.1. The molecule has 1 fully saturated rings. The average Bonchev–Trinajstić information content (AvgIpc) is 3.29. The van der Waals surface area contributed by atoms with Gasteiger partial charge in [-0.15, -0.1) is 0 Å². The normalized spacial score (nSPS) is 16.4. The molecule has 2 heterocycles. The van der Waals surface area contributed by atoms with Crippen LogP contribution in [0.1, 0.15) is 36.6 Å². The van der Waals surface area contributed by atoms with Gasteiger partial charge in [-0.2, -0.15) is 0 Å². The van der Waals surface area contributed by atoms with E-state index in [9.17, 15) is 0 Å². The quantitative estimate of drug-likeness (QED) is 0.487. The van der Waals surface area contributed by atoms with Gasteiger partial charge in [0.1, 0.15) is 12.4 Å². The first kappa shape index (κ1) is 21.9. The first-order valence-electron chi connectivity index (χ1n) is 10.5. The van der Waals surface area contributed by atoms with Crippen molar-refractivity contribution < 1.29 is 14.2 Å². The lowest BCUT2D eigenvalue weighted by atomic mass is 10.1. The van der Waals surface area contributed by atoms with Gasteiger partial charge in [0.25, 0.3) is 0 Å². The number of pyridine rings is 1. The number of nitrogens with one attached hydrogen (secondary N) is 2. The summed E-state index contributed by atoms with van der Waals surface area (Å²) in [4.78, 5) is 9.16. The summed E-state index contributed by atoms with van der Waals surface area (Å²) in [6.07, 6.45) is 2.36. The number of ether oxygens (including phenoxy) is 3. The largest absolute Gasteiger partial charge is 0.491 e. The number of rotatable bonds is 9. The minimum Gasteiger partial charge on any atom is -0.491 e. The Kier molecular flexibility index (Phi) is 8.32. The monoisotopic (exact) mass is 412 g/mol. The van der Waals surface area contributed by atoms with Crippen LogP contribution >= 0.6 is 0 Å². The SMILES string of the molecule is CCNC(=NCc1ccc(C)cc1OCC1CCCO1)NCc1cccc(OC)n1. The van der Waals surface area contributed by atoms with Crippen LogP contribution in [0, 0.1) is 6.92 Å². The molecule has 0 radical (unpaired) electrons. The van der Waals surface area contributed by atoms with Crippen molar-refractivity contribution >= 4 is 5.96 Å². The van der Waals surface area contributed by atoms with Crippen LogP contribution < -0.4 is 20.1 Å². The average molecular weight is 413 g/mol. The molecule has 0 aliphatic carbocycles. The molecule has 1 aliphatic heterocycles. The van der Waals surface area contributed by atoms with Gasteiger partial charge in [0.15, 0.2) is 5.96 Å². The van der Waals surface area contributed by atoms with E-state index in [2.05, 4.69) is 40.7 Å². The molecule has 162 valence electrons. The number of hydrogen-bond donors (Lipinski definition) is 2. The number of hydrogen-bond acceptors (Lipinski definition) is 5. The van der Waals surface area contributed by atoms with E-state index in [0.717, 1.165) is 49.0 Å². The molecule has 1 atom stereocenters. The highest BCUT2D eigenvalue weighted by Crippen LogP contribution is 2.23. The first-order valence-corrected chi connectivity index (χ1v) is 10.5. The van der Waals surface area contributed by atoms with Crippen LogP contribution in [0.5, 0.6) is 11.6 Å². The molecular formula is C23H32N4O3. The third-order valence-electron chi connectivity index (χ3n) is 4.85. The molecule has 7 heteroatoms. The van der Waals surface area contributed by atoms with Gasteiger partial charge in [-0.05, 0) is 44.4 Å². The van der Waals surface area contributed by atoms with Crippen LogP contribution in [0.3, 0.4) is 0 Å². The van der Waals surface area contributed by atoms with Gasteiger partial charge in [-0.1, -0.05) is 18.2 Å². The van der Waals surface area contributed by atoms with Crippen molar-refractivity contribution in [3.63, 3.8) is 0 Å². The van der Waals surface area contributed by atoms with Crippen LogP contribution in [-0.4, -0.2) is 43.9 Å². The summed E-state index contributed by atoms with van der Waals surface area (Å²) >= 11 is 0. The number of nitrogens with zero attached hydrogens (tertiary/aromatic N) is 2. The van der Waals surface area contributed by atoms with Gasteiger partial charge in [-0.3, -0.25) is 0 Å². The van der Waals surface area contributed by atoms with Crippen LogP contribution in [0.15, 0.2) is 41.4 Å². The third-order valence-corrected chi connectivity index (χ3v) is 4.85. The maximum atomic E-state index is 6.09. The second-order valence-corrected chi connectivity index (χ2v) is 7.28. The highest BCUT2D eigenvalue weighted by Gasteiger charge is 2.17. The lowest BCUT2D eigenvalue weighted by molar-refractivity contribution is 0.0676. The van der Waals surface area contributed by atoms with Crippen molar-refractivity contribution in [2.75, 3.05) is 26.9 Å². The lowest BCUT2D eigenvalue weighted by Gasteiger charge is -2.15. The van der Waals surface area contributed by atoms with E-state index in [0.29, 0.717) is 25.6 Å². The van der Waals surface area contributed by atoms with E-state index in [4.69, 9.17) is 19.2 Å². The fraction of sp³-hybridized carbons (Fsp3) is 0.478. The fourth-order valence-corrected chi connectivity index (χ4v) is 3.24. The van der Waals surface area contributed by atoms with Crippen LogP contribution in [-0.2, 0) is 17.8 Å². The molecular weight excluding hydrogens is 380 g/mol. The first-order chi connectivity index (χ1) is 14.7. The molecule has 1 aromatic heterocycles. The molecule has 2 aromatic rings. The molecule has 1 saturated heterocycles. The fourth-order valence-electron chi connectivity index (χ4n) is 3.24. The lowest BCUT2D eigenvalue weighted by Crippen LogP contribution is -2.37. The Hall–Kier alpha value is -2.80. The molecule has 0 bridgehead atoms. The summed E-state index contributed by atoms with van der Waals surface area (Å²) in [5.74, 6) is 2.20. The Morgan fingerprint density at radius 3 is 2.93 bits per heavy atom. The van der Waals surface area contributed by atoms with E-state index < -0.39 is 0 Å². The molecule has 30 heavy (non-hydrogen) atoms. The van der Waals surface area contributed by atoms with E-state index >= 15 is 0 Å².